The van der Waals surface area contributed by atoms with Gasteiger partial charge in [0.2, 0.25) is 0 Å². The SMILES string of the molecule is CCC(C)(CNC1CC1)CN(CC(C)C)C1CCCC1. The van der Waals surface area contributed by atoms with Crippen molar-refractivity contribution in [3.8, 4) is 0 Å². The molecule has 118 valence electrons. The molecule has 0 aromatic heterocycles. The fourth-order valence-corrected chi connectivity index (χ4v) is 3.54. The minimum atomic E-state index is 0.445. The van der Waals surface area contributed by atoms with Crippen LogP contribution in [0, 0.1) is 11.3 Å². The summed E-state index contributed by atoms with van der Waals surface area (Å²) in [7, 11) is 0. The third-order valence-corrected chi connectivity index (χ3v) is 5.27. The lowest BCUT2D eigenvalue weighted by atomic mass is 9.85. The lowest BCUT2D eigenvalue weighted by Gasteiger charge is -2.39. The molecule has 2 nitrogen and oxygen atoms in total. The summed E-state index contributed by atoms with van der Waals surface area (Å²) in [4.78, 5) is 2.83. The maximum Gasteiger partial charge on any atom is 0.00956 e. The van der Waals surface area contributed by atoms with E-state index < -0.39 is 0 Å². The molecule has 0 aliphatic heterocycles. The van der Waals surface area contributed by atoms with E-state index in [1.807, 2.05) is 0 Å². The molecule has 20 heavy (non-hydrogen) atoms. The summed E-state index contributed by atoms with van der Waals surface area (Å²) in [6, 6.07) is 1.70. The molecule has 0 aromatic rings. The van der Waals surface area contributed by atoms with Crippen LogP contribution < -0.4 is 5.32 Å². The van der Waals surface area contributed by atoms with Crippen LogP contribution in [0.15, 0.2) is 0 Å². The number of hydrogen-bond donors (Lipinski definition) is 1. The summed E-state index contributed by atoms with van der Waals surface area (Å²) in [6.07, 6.45) is 9.85. The van der Waals surface area contributed by atoms with Crippen LogP contribution >= 0.6 is 0 Å². The first-order chi connectivity index (χ1) is 9.52. The molecule has 2 rings (SSSR count). The molecule has 0 spiro atoms. The first-order valence-corrected chi connectivity index (χ1v) is 9.00. The van der Waals surface area contributed by atoms with Gasteiger partial charge in [0.25, 0.3) is 0 Å². The molecule has 2 fully saturated rings. The molecule has 0 aromatic carbocycles. The van der Waals surface area contributed by atoms with Gasteiger partial charge in [0.15, 0.2) is 0 Å². The number of hydrogen-bond acceptors (Lipinski definition) is 2. The van der Waals surface area contributed by atoms with Gasteiger partial charge in [-0.25, -0.2) is 0 Å². The minimum absolute atomic E-state index is 0.445. The molecule has 2 aliphatic carbocycles. The Morgan fingerprint density at radius 1 is 1.15 bits per heavy atom. The zero-order chi connectivity index (χ0) is 14.6. The Morgan fingerprint density at radius 3 is 2.30 bits per heavy atom. The van der Waals surface area contributed by atoms with Crippen molar-refractivity contribution in [1.82, 2.24) is 10.2 Å². The highest BCUT2D eigenvalue weighted by atomic mass is 15.2. The summed E-state index contributed by atoms with van der Waals surface area (Å²) < 4.78 is 0. The lowest BCUT2D eigenvalue weighted by molar-refractivity contribution is 0.102. The molecule has 1 atom stereocenters. The van der Waals surface area contributed by atoms with E-state index in [1.54, 1.807) is 0 Å². The first kappa shape index (κ1) is 16.3. The fraction of sp³-hybridized carbons (Fsp3) is 1.00. The average Bonchev–Trinajstić information content (AvgIpc) is 3.07. The highest BCUT2D eigenvalue weighted by Crippen LogP contribution is 2.30. The standard InChI is InChI=1S/C18H36N2/c1-5-18(4,13-19-16-10-11-16)14-20(12-15(2)3)17-8-6-7-9-17/h15-17,19H,5-14H2,1-4H3. The topological polar surface area (TPSA) is 15.3 Å². The van der Waals surface area contributed by atoms with Crippen molar-refractivity contribution in [1.29, 1.82) is 0 Å². The Hall–Kier alpha value is -0.0800. The van der Waals surface area contributed by atoms with Gasteiger partial charge in [-0.2, -0.15) is 0 Å². The summed E-state index contributed by atoms with van der Waals surface area (Å²) in [5, 5.41) is 3.77. The monoisotopic (exact) mass is 280 g/mol. The summed E-state index contributed by atoms with van der Waals surface area (Å²) >= 11 is 0. The molecule has 0 saturated heterocycles. The molecular weight excluding hydrogens is 244 g/mol. The molecule has 0 heterocycles. The second kappa shape index (κ2) is 7.26. The van der Waals surface area contributed by atoms with E-state index in [0.29, 0.717) is 5.41 Å². The van der Waals surface area contributed by atoms with Gasteiger partial charge in [0, 0.05) is 31.7 Å². The molecule has 0 amide bonds. The van der Waals surface area contributed by atoms with Crippen LogP contribution in [-0.2, 0) is 0 Å². The third-order valence-electron chi connectivity index (χ3n) is 5.27. The van der Waals surface area contributed by atoms with E-state index >= 15 is 0 Å². The van der Waals surface area contributed by atoms with E-state index in [-0.39, 0.29) is 0 Å². The van der Waals surface area contributed by atoms with Crippen molar-refractivity contribution < 1.29 is 0 Å². The maximum absolute atomic E-state index is 3.77. The molecule has 1 unspecified atom stereocenters. The molecule has 2 saturated carbocycles. The predicted octanol–water partition coefficient (Wildman–Crippen LogP) is 4.06. The quantitative estimate of drug-likeness (QED) is 0.685. The van der Waals surface area contributed by atoms with Crippen LogP contribution in [0.4, 0.5) is 0 Å². The van der Waals surface area contributed by atoms with Crippen molar-refractivity contribution in [2.75, 3.05) is 19.6 Å². The van der Waals surface area contributed by atoms with Crippen molar-refractivity contribution in [3.63, 3.8) is 0 Å². The van der Waals surface area contributed by atoms with Gasteiger partial charge >= 0.3 is 0 Å². The Morgan fingerprint density at radius 2 is 1.80 bits per heavy atom. The van der Waals surface area contributed by atoms with E-state index in [9.17, 15) is 0 Å². The van der Waals surface area contributed by atoms with Crippen LogP contribution in [0.25, 0.3) is 0 Å². The van der Waals surface area contributed by atoms with Crippen molar-refractivity contribution in [2.45, 2.75) is 84.7 Å². The van der Waals surface area contributed by atoms with Gasteiger partial charge in [-0.3, -0.25) is 4.90 Å². The van der Waals surface area contributed by atoms with Gasteiger partial charge in [-0.15, -0.1) is 0 Å². The van der Waals surface area contributed by atoms with Crippen molar-refractivity contribution >= 4 is 0 Å². The predicted molar refractivity (Wildman–Crippen MR) is 88.1 cm³/mol. The number of nitrogens with zero attached hydrogens (tertiary/aromatic N) is 1. The summed E-state index contributed by atoms with van der Waals surface area (Å²) in [5.74, 6) is 0.785. The number of rotatable bonds is 9. The van der Waals surface area contributed by atoms with E-state index in [2.05, 4.69) is 37.9 Å². The molecule has 0 radical (unpaired) electrons. The van der Waals surface area contributed by atoms with Gasteiger partial charge in [0.05, 0.1) is 0 Å². The third kappa shape index (κ3) is 5.04. The van der Waals surface area contributed by atoms with E-state index in [4.69, 9.17) is 0 Å². The summed E-state index contributed by atoms with van der Waals surface area (Å²) in [6.45, 7) is 13.4. The van der Waals surface area contributed by atoms with Crippen molar-refractivity contribution in [2.24, 2.45) is 11.3 Å². The Bertz CT molecular complexity index is 279. The van der Waals surface area contributed by atoms with Crippen LogP contribution in [-0.4, -0.2) is 36.6 Å². The Balaban J connectivity index is 1.91. The van der Waals surface area contributed by atoms with Crippen LogP contribution in [0.3, 0.4) is 0 Å². The largest absolute Gasteiger partial charge is 0.313 e. The fourth-order valence-electron chi connectivity index (χ4n) is 3.54. The molecule has 2 aliphatic rings. The smallest absolute Gasteiger partial charge is 0.00956 e. The molecule has 0 bridgehead atoms. The minimum Gasteiger partial charge on any atom is -0.313 e. The second-order valence-corrected chi connectivity index (χ2v) is 8.08. The van der Waals surface area contributed by atoms with Gasteiger partial charge in [-0.1, -0.05) is 40.5 Å². The van der Waals surface area contributed by atoms with Crippen LogP contribution in [0.1, 0.15) is 72.6 Å². The van der Waals surface area contributed by atoms with Crippen LogP contribution in [0.5, 0.6) is 0 Å². The Kier molecular flexibility index (Phi) is 5.92. The van der Waals surface area contributed by atoms with Crippen molar-refractivity contribution in [3.05, 3.63) is 0 Å². The second-order valence-electron chi connectivity index (χ2n) is 8.08. The number of nitrogens with one attached hydrogen (secondary N) is 1. The highest BCUT2D eigenvalue weighted by Gasteiger charge is 2.32. The zero-order valence-corrected chi connectivity index (χ0v) is 14.3. The van der Waals surface area contributed by atoms with Gasteiger partial charge in [-0.05, 0) is 43.4 Å². The molecule has 1 N–H and O–H groups in total. The van der Waals surface area contributed by atoms with E-state index in [0.717, 1.165) is 18.0 Å². The normalized spacial score (nSPS) is 23.7. The lowest BCUT2D eigenvalue weighted by Crippen LogP contribution is -2.47. The maximum atomic E-state index is 3.77. The van der Waals surface area contributed by atoms with Gasteiger partial charge in [0.1, 0.15) is 0 Å². The first-order valence-electron chi connectivity index (χ1n) is 9.00. The van der Waals surface area contributed by atoms with E-state index in [1.165, 1.54) is 64.6 Å². The zero-order valence-electron chi connectivity index (χ0n) is 14.3. The molecule has 2 heteroatoms. The average molecular weight is 280 g/mol. The molecular formula is C18H36N2. The van der Waals surface area contributed by atoms with Crippen LogP contribution in [0.2, 0.25) is 0 Å². The highest BCUT2D eigenvalue weighted by molar-refractivity contribution is 4.89. The van der Waals surface area contributed by atoms with Gasteiger partial charge < -0.3 is 5.32 Å². The Labute approximate surface area is 126 Å². The summed E-state index contributed by atoms with van der Waals surface area (Å²) in [5.41, 5.74) is 0.445.